The predicted molar refractivity (Wildman–Crippen MR) is 100 cm³/mol. The lowest BCUT2D eigenvalue weighted by Gasteiger charge is -2.19. The molecule has 0 bridgehead atoms. The van der Waals surface area contributed by atoms with Crippen molar-refractivity contribution in [1.82, 2.24) is 4.57 Å². The fourth-order valence-electron chi connectivity index (χ4n) is 2.23. The Morgan fingerprint density at radius 2 is 2.00 bits per heavy atom. The van der Waals surface area contributed by atoms with E-state index in [1.165, 1.54) is 16.3 Å². The molecule has 128 valence electrons. The molecule has 0 aliphatic rings. The minimum absolute atomic E-state index is 0.147. The maximum Gasteiger partial charge on any atom is 0.418 e. The summed E-state index contributed by atoms with van der Waals surface area (Å²) < 4.78 is 6.94. The van der Waals surface area contributed by atoms with Gasteiger partial charge in [-0.25, -0.2) is 4.79 Å². The van der Waals surface area contributed by atoms with E-state index in [9.17, 15) is 9.59 Å². The first-order chi connectivity index (χ1) is 11.3. The molecular weight excluding hydrogens is 322 g/mol. The lowest BCUT2D eigenvalue weighted by atomic mass is 10.1. The van der Waals surface area contributed by atoms with Crippen LogP contribution in [0.3, 0.4) is 0 Å². The molecule has 0 atom stereocenters. The zero-order chi connectivity index (χ0) is 17.7. The van der Waals surface area contributed by atoms with E-state index in [-0.39, 0.29) is 11.2 Å². The molecule has 5 heteroatoms. The molecule has 1 heterocycles. The fraction of sp³-hybridized carbons (Fsp3) is 0.368. The summed E-state index contributed by atoms with van der Waals surface area (Å²) in [7, 11) is 0. The van der Waals surface area contributed by atoms with Gasteiger partial charge >= 0.3 is 6.09 Å². The van der Waals surface area contributed by atoms with Gasteiger partial charge in [0.1, 0.15) is 5.60 Å². The van der Waals surface area contributed by atoms with Crippen LogP contribution >= 0.6 is 11.8 Å². The first-order valence-corrected chi connectivity index (χ1v) is 8.89. The molecule has 0 N–H and O–H groups in total. The molecule has 0 spiro atoms. The minimum Gasteiger partial charge on any atom is -0.443 e. The zero-order valence-electron chi connectivity index (χ0n) is 14.5. The third-order valence-electron chi connectivity index (χ3n) is 3.20. The highest BCUT2D eigenvalue weighted by molar-refractivity contribution is 8.13. The molecule has 0 aliphatic heterocycles. The maximum absolute atomic E-state index is 12.2. The van der Waals surface area contributed by atoms with E-state index >= 15 is 0 Å². The van der Waals surface area contributed by atoms with Crippen molar-refractivity contribution in [2.75, 3.05) is 5.75 Å². The summed E-state index contributed by atoms with van der Waals surface area (Å²) in [5, 5.41) is 1.13. The summed E-state index contributed by atoms with van der Waals surface area (Å²) in [6, 6.07) is 7.83. The number of carbonyl (C=O) groups excluding carboxylic acids is 2. The maximum atomic E-state index is 12.2. The Kier molecular flexibility index (Phi) is 5.89. The molecule has 0 fully saturated rings. The highest BCUT2D eigenvalue weighted by Crippen LogP contribution is 2.20. The number of benzene rings is 1. The van der Waals surface area contributed by atoms with Crippen molar-refractivity contribution in [3.05, 3.63) is 42.1 Å². The third kappa shape index (κ3) is 5.27. The second-order valence-corrected chi connectivity index (χ2v) is 7.79. The predicted octanol–water partition coefficient (Wildman–Crippen LogP) is 5.11. The molecule has 0 saturated heterocycles. The summed E-state index contributed by atoms with van der Waals surface area (Å²) in [6.07, 6.45) is 6.30. The molecular formula is C19H23NO3S. The highest BCUT2D eigenvalue weighted by atomic mass is 32.2. The second-order valence-electron chi connectivity index (χ2n) is 6.52. The van der Waals surface area contributed by atoms with Gasteiger partial charge in [0.2, 0.25) is 0 Å². The Balaban J connectivity index is 2.09. The van der Waals surface area contributed by atoms with Crippen LogP contribution < -0.4 is 0 Å². The van der Waals surface area contributed by atoms with Crippen LogP contribution in [0.2, 0.25) is 0 Å². The number of rotatable bonds is 4. The summed E-state index contributed by atoms with van der Waals surface area (Å²) in [5.74, 6) is 0.795. The van der Waals surface area contributed by atoms with Crippen LogP contribution in [-0.4, -0.2) is 27.1 Å². The second kappa shape index (κ2) is 7.71. The van der Waals surface area contributed by atoms with Crippen LogP contribution in [0.25, 0.3) is 17.0 Å². The van der Waals surface area contributed by atoms with Gasteiger partial charge in [-0.1, -0.05) is 30.0 Å². The number of nitrogens with zero attached hydrogens (tertiary/aromatic N) is 1. The van der Waals surface area contributed by atoms with E-state index in [2.05, 4.69) is 6.08 Å². The monoisotopic (exact) mass is 345 g/mol. The third-order valence-corrected chi connectivity index (χ3v) is 4.05. The van der Waals surface area contributed by atoms with Gasteiger partial charge in [-0.2, -0.15) is 0 Å². The molecule has 1 aromatic carbocycles. The number of ether oxygens (including phenoxy) is 1. The largest absolute Gasteiger partial charge is 0.443 e. The minimum atomic E-state index is -0.520. The highest BCUT2D eigenvalue weighted by Gasteiger charge is 2.18. The summed E-state index contributed by atoms with van der Waals surface area (Å²) >= 11 is 1.34. The number of allylic oxidation sites excluding steroid dienone is 1. The van der Waals surface area contributed by atoms with Crippen molar-refractivity contribution >= 4 is 39.9 Å². The number of carbonyl (C=O) groups is 2. The van der Waals surface area contributed by atoms with Gasteiger partial charge in [0.15, 0.2) is 5.12 Å². The lowest BCUT2D eigenvalue weighted by Crippen LogP contribution is -2.26. The van der Waals surface area contributed by atoms with E-state index in [0.29, 0.717) is 0 Å². The molecule has 0 unspecified atom stereocenters. The fourth-order valence-corrected chi connectivity index (χ4v) is 2.77. The van der Waals surface area contributed by atoms with Gasteiger partial charge in [-0.3, -0.25) is 9.36 Å². The SMILES string of the molecule is CC(=O)SCCC=Cc1ccc2c(ccn2C(=O)OC(C)(C)C)c1. The van der Waals surface area contributed by atoms with Gasteiger partial charge in [-0.15, -0.1) is 0 Å². The number of fused-ring (bicyclic) bond motifs is 1. The summed E-state index contributed by atoms with van der Waals surface area (Å²) in [4.78, 5) is 23.1. The van der Waals surface area contributed by atoms with E-state index in [1.807, 2.05) is 51.1 Å². The van der Waals surface area contributed by atoms with Crippen molar-refractivity contribution in [3.8, 4) is 0 Å². The molecule has 0 radical (unpaired) electrons. The Morgan fingerprint density at radius 1 is 1.25 bits per heavy atom. The molecule has 2 rings (SSSR count). The van der Waals surface area contributed by atoms with Gasteiger partial charge < -0.3 is 4.74 Å². The van der Waals surface area contributed by atoms with E-state index < -0.39 is 5.60 Å². The smallest absolute Gasteiger partial charge is 0.418 e. The average molecular weight is 345 g/mol. The molecule has 0 amide bonds. The zero-order valence-corrected chi connectivity index (χ0v) is 15.4. The molecule has 4 nitrogen and oxygen atoms in total. The van der Waals surface area contributed by atoms with Crippen LogP contribution in [0.5, 0.6) is 0 Å². The average Bonchev–Trinajstić information content (AvgIpc) is 2.88. The standard InChI is InChI=1S/C19H23NO3S/c1-14(21)24-12-6-5-7-15-8-9-17-16(13-15)10-11-20(17)18(22)23-19(2,3)4/h5,7-11,13H,6,12H2,1-4H3. The Hall–Kier alpha value is -2.01. The molecule has 0 saturated carbocycles. The molecule has 24 heavy (non-hydrogen) atoms. The number of hydrogen-bond donors (Lipinski definition) is 0. The molecule has 1 aromatic heterocycles. The van der Waals surface area contributed by atoms with Crippen LogP contribution in [0.1, 0.15) is 39.7 Å². The van der Waals surface area contributed by atoms with Gasteiger partial charge in [0.05, 0.1) is 5.52 Å². The lowest BCUT2D eigenvalue weighted by molar-refractivity contribution is -0.109. The first kappa shape index (κ1) is 18.3. The van der Waals surface area contributed by atoms with Crippen LogP contribution in [0.15, 0.2) is 36.5 Å². The van der Waals surface area contributed by atoms with E-state index in [1.54, 1.807) is 13.1 Å². The Labute approximate surface area is 146 Å². The Bertz CT molecular complexity index is 769. The van der Waals surface area contributed by atoms with Crippen LogP contribution in [-0.2, 0) is 9.53 Å². The van der Waals surface area contributed by atoms with Crippen molar-refractivity contribution in [2.24, 2.45) is 0 Å². The van der Waals surface area contributed by atoms with Crippen LogP contribution in [0.4, 0.5) is 4.79 Å². The number of thioether (sulfide) groups is 1. The molecule has 0 aliphatic carbocycles. The van der Waals surface area contributed by atoms with Gasteiger partial charge in [0.25, 0.3) is 0 Å². The summed E-state index contributed by atoms with van der Waals surface area (Å²) in [6.45, 7) is 7.13. The van der Waals surface area contributed by atoms with E-state index in [0.717, 1.165) is 28.6 Å². The van der Waals surface area contributed by atoms with Crippen molar-refractivity contribution in [3.63, 3.8) is 0 Å². The molecule has 2 aromatic rings. The topological polar surface area (TPSA) is 48.3 Å². The van der Waals surface area contributed by atoms with Crippen LogP contribution in [0, 0.1) is 0 Å². The number of aromatic nitrogens is 1. The number of hydrogen-bond acceptors (Lipinski definition) is 4. The summed E-state index contributed by atoms with van der Waals surface area (Å²) in [5.41, 5.74) is 1.37. The van der Waals surface area contributed by atoms with Crippen molar-refractivity contribution < 1.29 is 14.3 Å². The normalized spacial score (nSPS) is 12.0. The van der Waals surface area contributed by atoms with Crippen molar-refractivity contribution in [2.45, 2.75) is 39.7 Å². The first-order valence-electron chi connectivity index (χ1n) is 7.91. The Morgan fingerprint density at radius 3 is 2.67 bits per heavy atom. The van der Waals surface area contributed by atoms with Crippen molar-refractivity contribution in [1.29, 1.82) is 0 Å². The van der Waals surface area contributed by atoms with Gasteiger partial charge in [0, 0.05) is 24.3 Å². The van der Waals surface area contributed by atoms with Gasteiger partial charge in [-0.05, 0) is 51.0 Å². The van der Waals surface area contributed by atoms with E-state index in [4.69, 9.17) is 4.74 Å². The quantitative estimate of drug-likeness (QED) is 0.723.